The van der Waals surface area contributed by atoms with Crippen molar-refractivity contribution in [2.75, 3.05) is 0 Å². The van der Waals surface area contributed by atoms with Gasteiger partial charge in [-0.3, -0.25) is 9.79 Å². The Balaban J connectivity index is 2.28. The van der Waals surface area contributed by atoms with Crippen molar-refractivity contribution in [2.45, 2.75) is 25.8 Å². The van der Waals surface area contributed by atoms with E-state index in [0.717, 1.165) is 11.3 Å². The Morgan fingerprint density at radius 1 is 1.29 bits per heavy atom. The van der Waals surface area contributed by atoms with Crippen LogP contribution in [0.1, 0.15) is 31.4 Å². The standard InChI is InChI=1S/C12H13NO/c1-9-7-11(14)8-12(13-9)10-5-3-2-4-6-10/h2-6,12H,7-8H2,1H3. The van der Waals surface area contributed by atoms with Crippen molar-refractivity contribution < 1.29 is 4.79 Å². The van der Waals surface area contributed by atoms with Gasteiger partial charge in [-0.1, -0.05) is 30.3 Å². The molecule has 1 aromatic rings. The molecule has 1 aliphatic heterocycles. The lowest BCUT2D eigenvalue weighted by atomic mass is 9.96. The van der Waals surface area contributed by atoms with E-state index in [1.807, 2.05) is 37.3 Å². The quantitative estimate of drug-likeness (QED) is 0.664. The number of benzene rings is 1. The molecule has 0 radical (unpaired) electrons. The number of ketones is 1. The first-order valence-electron chi connectivity index (χ1n) is 4.85. The highest BCUT2D eigenvalue weighted by Crippen LogP contribution is 2.25. The van der Waals surface area contributed by atoms with Gasteiger partial charge in [-0.2, -0.15) is 0 Å². The average molecular weight is 187 g/mol. The summed E-state index contributed by atoms with van der Waals surface area (Å²) in [5.74, 6) is 0.298. The molecule has 1 unspecified atom stereocenters. The molecule has 0 saturated carbocycles. The number of carbonyl (C=O) groups is 1. The molecule has 14 heavy (non-hydrogen) atoms. The van der Waals surface area contributed by atoms with Crippen LogP contribution >= 0.6 is 0 Å². The summed E-state index contributed by atoms with van der Waals surface area (Å²) >= 11 is 0. The Labute approximate surface area is 83.7 Å². The van der Waals surface area contributed by atoms with Crippen molar-refractivity contribution in [1.82, 2.24) is 0 Å². The van der Waals surface area contributed by atoms with E-state index in [-0.39, 0.29) is 6.04 Å². The van der Waals surface area contributed by atoms with Gasteiger partial charge in [0.15, 0.2) is 0 Å². The van der Waals surface area contributed by atoms with Crippen molar-refractivity contribution in [2.24, 2.45) is 4.99 Å². The summed E-state index contributed by atoms with van der Waals surface area (Å²) in [5, 5.41) is 0. The minimum Gasteiger partial charge on any atom is -0.299 e. The van der Waals surface area contributed by atoms with Crippen LogP contribution in [0.4, 0.5) is 0 Å². The molecule has 0 fully saturated rings. The molecular weight excluding hydrogens is 174 g/mol. The number of hydrogen-bond donors (Lipinski definition) is 0. The number of carbonyl (C=O) groups excluding carboxylic acids is 1. The first-order valence-corrected chi connectivity index (χ1v) is 4.85. The number of Topliss-reactive ketones (excluding diaryl/α,β-unsaturated/α-hetero) is 1. The van der Waals surface area contributed by atoms with Crippen molar-refractivity contribution in [3.8, 4) is 0 Å². The van der Waals surface area contributed by atoms with E-state index in [4.69, 9.17) is 0 Å². The lowest BCUT2D eigenvalue weighted by molar-refractivity contribution is -0.118. The molecule has 1 atom stereocenters. The molecule has 0 aliphatic carbocycles. The van der Waals surface area contributed by atoms with Gasteiger partial charge in [-0.15, -0.1) is 0 Å². The number of hydrogen-bond acceptors (Lipinski definition) is 2. The van der Waals surface area contributed by atoms with E-state index in [0.29, 0.717) is 18.6 Å². The molecule has 0 aromatic heterocycles. The predicted molar refractivity (Wildman–Crippen MR) is 56.5 cm³/mol. The molecule has 72 valence electrons. The highest BCUT2D eigenvalue weighted by Gasteiger charge is 2.20. The van der Waals surface area contributed by atoms with Gasteiger partial charge in [-0.25, -0.2) is 0 Å². The molecule has 2 nitrogen and oxygen atoms in total. The maximum atomic E-state index is 11.4. The second-order valence-electron chi connectivity index (χ2n) is 3.71. The summed E-state index contributed by atoms with van der Waals surface area (Å²) in [5.41, 5.74) is 2.09. The Morgan fingerprint density at radius 3 is 2.64 bits per heavy atom. The zero-order valence-corrected chi connectivity index (χ0v) is 8.23. The van der Waals surface area contributed by atoms with E-state index < -0.39 is 0 Å². The van der Waals surface area contributed by atoms with Gasteiger partial charge in [0.05, 0.1) is 6.04 Å². The fraction of sp³-hybridized carbons (Fsp3) is 0.333. The fourth-order valence-corrected chi connectivity index (χ4v) is 1.80. The van der Waals surface area contributed by atoms with Crippen LogP contribution in [0.15, 0.2) is 35.3 Å². The average Bonchev–Trinajstić information content (AvgIpc) is 2.18. The minimum atomic E-state index is 0.0532. The normalized spacial score (nSPS) is 21.9. The number of aliphatic imine (C=N–C) groups is 1. The van der Waals surface area contributed by atoms with Crippen LogP contribution < -0.4 is 0 Å². The summed E-state index contributed by atoms with van der Waals surface area (Å²) in [6.07, 6.45) is 1.09. The third-order valence-corrected chi connectivity index (χ3v) is 2.43. The van der Waals surface area contributed by atoms with Gasteiger partial charge in [0, 0.05) is 18.6 Å². The van der Waals surface area contributed by atoms with E-state index >= 15 is 0 Å². The highest BCUT2D eigenvalue weighted by molar-refractivity contribution is 6.02. The largest absolute Gasteiger partial charge is 0.299 e. The van der Waals surface area contributed by atoms with Crippen molar-refractivity contribution in [1.29, 1.82) is 0 Å². The van der Waals surface area contributed by atoms with Gasteiger partial charge in [-0.05, 0) is 12.5 Å². The van der Waals surface area contributed by atoms with E-state index in [1.54, 1.807) is 0 Å². The summed E-state index contributed by atoms with van der Waals surface area (Å²) in [6.45, 7) is 1.92. The first-order chi connectivity index (χ1) is 6.75. The van der Waals surface area contributed by atoms with Crippen LogP contribution in [-0.2, 0) is 4.79 Å². The smallest absolute Gasteiger partial charge is 0.140 e. The molecule has 1 aliphatic rings. The fourth-order valence-electron chi connectivity index (χ4n) is 1.80. The molecular formula is C12H13NO. The molecule has 0 saturated heterocycles. The van der Waals surface area contributed by atoms with Crippen LogP contribution in [0.3, 0.4) is 0 Å². The molecule has 1 heterocycles. The van der Waals surface area contributed by atoms with Gasteiger partial charge < -0.3 is 0 Å². The molecule has 0 amide bonds. The van der Waals surface area contributed by atoms with Crippen molar-refractivity contribution >= 4 is 11.5 Å². The number of nitrogens with zero attached hydrogens (tertiary/aromatic N) is 1. The predicted octanol–water partition coefficient (Wildman–Crippen LogP) is 2.55. The van der Waals surface area contributed by atoms with Crippen LogP contribution in [0.5, 0.6) is 0 Å². The van der Waals surface area contributed by atoms with Crippen molar-refractivity contribution in [3.63, 3.8) is 0 Å². The summed E-state index contributed by atoms with van der Waals surface area (Å²) in [4.78, 5) is 15.9. The molecule has 2 rings (SSSR count). The van der Waals surface area contributed by atoms with E-state index in [9.17, 15) is 4.79 Å². The Kier molecular flexibility index (Phi) is 2.44. The van der Waals surface area contributed by atoms with E-state index in [1.165, 1.54) is 0 Å². The van der Waals surface area contributed by atoms with Gasteiger partial charge in [0.25, 0.3) is 0 Å². The molecule has 0 spiro atoms. The molecule has 2 heteroatoms. The minimum absolute atomic E-state index is 0.0532. The lowest BCUT2D eigenvalue weighted by Crippen LogP contribution is -2.16. The molecule has 0 bridgehead atoms. The zero-order valence-electron chi connectivity index (χ0n) is 8.23. The Bertz CT molecular complexity index is 367. The van der Waals surface area contributed by atoms with Crippen LogP contribution in [0.25, 0.3) is 0 Å². The summed E-state index contributed by atoms with van der Waals surface area (Å²) < 4.78 is 0. The Morgan fingerprint density at radius 2 is 2.00 bits per heavy atom. The maximum absolute atomic E-state index is 11.4. The summed E-state index contributed by atoms with van der Waals surface area (Å²) in [7, 11) is 0. The van der Waals surface area contributed by atoms with Gasteiger partial charge in [0.2, 0.25) is 0 Å². The maximum Gasteiger partial charge on any atom is 0.140 e. The molecule has 0 N–H and O–H groups in total. The van der Waals surface area contributed by atoms with Crippen LogP contribution in [0.2, 0.25) is 0 Å². The third-order valence-electron chi connectivity index (χ3n) is 2.43. The topological polar surface area (TPSA) is 29.4 Å². The van der Waals surface area contributed by atoms with Crippen LogP contribution in [-0.4, -0.2) is 11.5 Å². The Hall–Kier alpha value is -1.44. The van der Waals surface area contributed by atoms with E-state index in [2.05, 4.69) is 4.99 Å². The summed E-state index contributed by atoms with van der Waals surface area (Å²) in [6, 6.07) is 10.1. The zero-order chi connectivity index (χ0) is 9.97. The van der Waals surface area contributed by atoms with Crippen LogP contribution in [0, 0.1) is 0 Å². The molecule has 1 aromatic carbocycles. The second-order valence-corrected chi connectivity index (χ2v) is 3.71. The lowest BCUT2D eigenvalue weighted by Gasteiger charge is -2.18. The van der Waals surface area contributed by atoms with Gasteiger partial charge in [0.1, 0.15) is 5.78 Å². The monoisotopic (exact) mass is 187 g/mol. The third kappa shape index (κ3) is 1.90. The number of rotatable bonds is 1. The van der Waals surface area contributed by atoms with Crippen molar-refractivity contribution in [3.05, 3.63) is 35.9 Å². The highest BCUT2D eigenvalue weighted by atomic mass is 16.1. The second kappa shape index (κ2) is 3.74. The SMILES string of the molecule is CC1=NC(c2ccccc2)CC(=O)C1. The van der Waals surface area contributed by atoms with Gasteiger partial charge >= 0.3 is 0 Å². The first kappa shape index (κ1) is 9.13.